The predicted molar refractivity (Wildman–Crippen MR) is 122 cm³/mol. The average molecular weight is 581 g/mol. The van der Waals surface area contributed by atoms with E-state index >= 15 is 0 Å². The van der Waals surface area contributed by atoms with Crippen LogP contribution in [0.3, 0.4) is 0 Å². The van der Waals surface area contributed by atoms with Gasteiger partial charge in [-0.15, -0.1) is 0 Å². The van der Waals surface area contributed by atoms with Gasteiger partial charge in [0.05, 0.1) is 30.8 Å². The molecule has 1 aromatic carbocycles. The van der Waals surface area contributed by atoms with Gasteiger partial charge >= 0.3 is 19.4 Å². The summed E-state index contributed by atoms with van der Waals surface area (Å²) in [4.78, 5) is 27.4. The van der Waals surface area contributed by atoms with Gasteiger partial charge in [0.25, 0.3) is 0 Å². The minimum Gasteiger partial charge on any atom is -0.465 e. The number of rotatable bonds is 10. The highest BCUT2D eigenvalue weighted by atomic mass is 79.9. The molecule has 0 aliphatic carbocycles. The average Bonchev–Trinajstić information content (AvgIpc) is 2.66. The highest BCUT2D eigenvalue weighted by Crippen LogP contribution is 2.51. The summed E-state index contributed by atoms with van der Waals surface area (Å²) in [6.45, 7) is 3.81. The second-order valence-corrected chi connectivity index (χ2v) is 9.77. The summed E-state index contributed by atoms with van der Waals surface area (Å²) < 4.78 is 23.4. The number of benzene rings is 1. The molecule has 1 N–H and O–H groups in total. The summed E-state index contributed by atoms with van der Waals surface area (Å²) in [6, 6.07) is 7.96. The van der Waals surface area contributed by atoms with Gasteiger partial charge in [-0.05, 0) is 56.8 Å². The molecule has 13 heteroatoms. The Morgan fingerprint density at radius 2 is 1.74 bits per heavy atom. The first-order valence-corrected chi connectivity index (χ1v) is 12.4. The van der Waals surface area contributed by atoms with E-state index in [0.717, 1.165) is 4.90 Å². The third-order valence-electron chi connectivity index (χ3n) is 3.99. The predicted octanol–water partition coefficient (Wildman–Crippen LogP) is 5.97. The van der Waals surface area contributed by atoms with Crippen molar-refractivity contribution >= 4 is 56.9 Å². The minimum absolute atomic E-state index is 0.0767. The summed E-state index contributed by atoms with van der Waals surface area (Å²) in [5, 5.41) is 21.2. The van der Waals surface area contributed by atoms with Gasteiger partial charge in [-0.3, -0.25) is 19.6 Å². The number of hydrogen-bond acceptors (Lipinski definition) is 7. The van der Waals surface area contributed by atoms with Crippen LogP contribution in [0.25, 0.3) is 0 Å². The molecule has 0 saturated carbocycles. The van der Waals surface area contributed by atoms with E-state index < -0.39 is 24.3 Å². The number of halogens is 2. The lowest BCUT2D eigenvalue weighted by Gasteiger charge is -2.20. The fraction of sp³-hybridized carbons (Fsp3) is 0.333. The fourth-order valence-corrected chi connectivity index (χ4v) is 5.65. The molecule has 1 amide bonds. The standard InChI is InChI=1S/C18H20Br2N3O7P/c1-3-29-31(28,30-4-2)11-13-7-5-12(6-8-13)10-22(18(24)25)14-9-15(19)21-17(20)16(14)23(26)27/h5-9H,3-4,10-11H2,1-2H3,(H,24,25). The Bertz CT molecular complexity index is 994. The summed E-state index contributed by atoms with van der Waals surface area (Å²) in [5.41, 5.74) is 0.674. The Labute approximate surface area is 195 Å². The Balaban J connectivity index is 2.31. The molecule has 10 nitrogen and oxygen atoms in total. The first kappa shape index (κ1) is 25.4. The molecule has 168 valence electrons. The van der Waals surface area contributed by atoms with Crippen molar-refractivity contribution in [2.75, 3.05) is 18.1 Å². The molecule has 0 bridgehead atoms. The van der Waals surface area contributed by atoms with Crippen molar-refractivity contribution < 1.29 is 28.4 Å². The summed E-state index contributed by atoms with van der Waals surface area (Å²) >= 11 is 6.14. The van der Waals surface area contributed by atoms with Gasteiger partial charge < -0.3 is 14.2 Å². The maximum atomic E-state index is 12.7. The van der Waals surface area contributed by atoms with E-state index in [2.05, 4.69) is 36.8 Å². The molecular formula is C18H20Br2N3O7P. The third kappa shape index (κ3) is 6.81. The van der Waals surface area contributed by atoms with Crippen LogP contribution in [0.5, 0.6) is 0 Å². The molecule has 31 heavy (non-hydrogen) atoms. The van der Waals surface area contributed by atoms with Crippen molar-refractivity contribution in [1.29, 1.82) is 0 Å². The molecule has 0 spiro atoms. The number of carbonyl (C=O) groups is 1. The number of anilines is 1. The van der Waals surface area contributed by atoms with Gasteiger partial charge in [0.15, 0.2) is 4.60 Å². The van der Waals surface area contributed by atoms with Crippen molar-refractivity contribution in [3.8, 4) is 0 Å². The zero-order valence-corrected chi connectivity index (χ0v) is 20.7. The number of aromatic nitrogens is 1. The van der Waals surface area contributed by atoms with E-state index in [1.165, 1.54) is 6.07 Å². The molecule has 0 aliphatic rings. The van der Waals surface area contributed by atoms with Gasteiger partial charge in [0.1, 0.15) is 10.3 Å². The normalized spacial score (nSPS) is 11.4. The number of nitrogens with zero attached hydrogens (tertiary/aromatic N) is 3. The minimum atomic E-state index is -3.27. The topological polar surface area (TPSA) is 132 Å². The number of nitro groups is 1. The van der Waals surface area contributed by atoms with E-state index in [-0.39, 0.29) is 40.8 Å². The monoisotopic (exact) mass is 579 g/mol. The maximum Gasteiger partial charge on any atom is 0.412 e. The van der Waals surface area contributed by atoms with Crippen molar-refractivity contribution in [2.45, 2.75) is 26.6 Å². The fourth-order valence-electron chi connectivity index (χ4n) is 2.77. The zero-order chi connectivity index (χ0) is 23.2. The first-order valence-electron chi connectivity index (χ1n) is 9.07. The molecule has 0 aliphatic heterocycles. The van der Waals surface area contributed by atoms with Crippen molar-refractivity contribution in [1.82, 2.24) is 4.98 Å². The van der Waals surface area contributed by atoms with Crippen LogP contribution < -0.4 is 4.90 Å². The van der Waals surface area contributed by atoms with Crippen LogP contribution in [-0.2, 0) is 26.3 Å². The van der Waals surface area contributed by atoms with Crippen molar-refractivity contribution in [2.24, 2.45) is 0 Å². The van der Waals surface area contributed by atoms with E-state index in [1.807, 2.05) is 0 Å². The molecule has 0 unspecified atom stereocenters. The maximum absolute atomic E-state index is 12.7. The van der Waals surface area contributed by atoms with Crippen LogP contribution >= 0.6 is 39.5 Å². The Hall–Kier alpha value is -1.85. The van der Waals surface area contributed by atoms with Crippen LogP contribution in [0, 0.1) is 10.1 Å². The number of hydrogen-bond donors (Lipinski definition) is 1. The third-order valence-corrected chi connectivity index (χ3v) is 7.01. The van der Waals surface area contributed by atoms with E-state index in [0.29, 0.717) is 11.1 Å². The van der Waals surface area contributed by atoms with Crippen molar-refractivity contribution in [3.05, 3.63) is 60.8 Å². The quantitative estimate of drug-likeness (QED) is 0.157. The van der Waals surface area contributed by atoms with Gasteiger partial charge in [-0.25, -0.2) is 9.78 Å². The van der Waals surface area contributed by atoms with Gasteiger partial charge in [0, 0.05) is 6.07 Å². The summed E-state index contributed by atoms with van der Waals surface area (Å²) in [7, 11) is -3.27. The lowest BCUT2D eigenvalue weighted by Crippen LogP contribution is -2.29. The molecule has 2 aromatic rings. The molecule has 0 fully saturated rings. The Morgan fingerprint density at radius 3 is 2.23 bits per heavy atom. The molecule has 2 rings (SSSR count). The number of carboxylic acid groups (broad SMARTS) is 1. The number of pyridine rings is 1. The zero-order valence-electron chi connectivity index (χ0n) is 16.7. The van der Waals surface area contributed by atoms with Crippen molar-refractivity contribution in [3.63, 3.8) is 0 Å². The first-order chi connectivity index (χ1) is 14.6. The Morgan fingerprint density at radius 1 is 1.19 bits per heavy atom. The van der Waals surface area contributed by atoms with Gasteiger partial charge in [-0.1, -0.05) is 24.3 Å². The summed E-state index contributed by atoms with van der Waals surface area (Å²) in [6.07, 6.45) is -1.29. The second-order valence-electron chi connectivity index (χ2n) is 6.15. The molecule has 0 radical (unpaired) electrons. The SMILES string of the molecule is CCOP(=O)(Cc1ccc(CN(C(=O)O)c2cc(Br)nc(Br)c2[N+](=O)[O-])cc1)OCC. The highest BCUT2D eigenvalue weighted by molar-refractivity contribution is 9.11. The molecule has 1 heterocycles. The molecule has 0 atom stereocenters. The van der Waals surface area contributed by atoms with Gasteiger partial charge in [-0.2, -0.15) is 0 Å². The van der Waals surface area contributed by atoms with Crippen LogP contribution in [0.4, 0.5) is 16.2 Å². The van der Waals surface area contributed by atoms with E-state index in [4.69, 9.17) is 9.05 Å². The summed E-state index contributed by atoms with van der Waals surface area (Å²) in [5.74, 6) is 0. The highest BCUT2D eigenvalue weighted by Gasteiger charge is 2.29. The lowest BCUT2D eigenvalue weighted by atomic mass is 10.1. The van der Waals surface area contributed by atoms with Crippen LogP contribution in [0.1, 0.15) is 25.0 Å². The van der Waals surface area contributed by atoms with Crippen LogP contribution in [-0.4, -0.2) is 34.3 Å². The largest absolute Gasteiger partial charge is 0.465 e. The van der Waals surface area contributed by atoms with E-state index in [9.17, 15) is 24.6 Å². The van der Waals surface area contributed by atoms with Gasteiger partial charge in [0.2, 0.25) is 0 Å². The van der Waals surface area contributed by atoms with Crippen LogP contribution in [0.15, 0.2) is 39.5 Å². The number of amides is 1. The molecular weight excluding hydrogens is 561 g/mol. The molecule has 0 saturated heterocycles. The Kier molecular flexibility index (Phi) is 9.14. The molecule has 1 aromatic heterocycles. The smallest absolute Gasteiger partial charge is 0.412 e. The van der Waals surface area contributed by atoms with E-state index in [1.54, 1.807) is 38.1 Å². The second kappa shape index (κ2) is 11.1. The lowest BCUT2D eigenvalue weighted by molar-refractivity contribution is -0.385. The van der Waals surface area contributed by atoms with Crippen LogP contribution in [0.2, 0.25) is 0 Å².